The predicted octanol–water partition coefficient (Wildman–Crippen LogP) is 13.9. The Morgan fingerprint density at radius 3 is 0.745 bits per heavy atom. The molecule has 2 aliphatic rings. The molecule has 0 atom stereocenters. The second-order valence-corrected chi connectivity index (χ2v) is 15.7. The number of rotatable bonds is 4. The van der Waals surface area contributed by atoms with E-state index in [9.17, 15) is 0 Å². The molecule has 55 heavy (non-hydrogen) atoms. The number of fused-ring (bicyclic) bond motifs is 8. The maximum atomic E-state index is 5.41. The standard InChI is InChI=1S/C48H38N4.2ClH.Co/c1-29-5-13-33(14-6-29)45-37-21-23-39(49-37)46(34-15-7-30(2)8-16-34)41-25-27-43(51-41)48(36-19-11-32(4)12-20-36)44-28-26-42(52-44)47(40-24-22-38(45)50-40)35-17-9-31(3)10-18-35;;;/h5-28,49,52H,1-4H3;2*1H;/q;;;+2/p-2. The molecule has 8 bridgehead atoms. The summed E-state index contributed by atoms with van der Waals surface area (Å²) in [5, 5.41) is 0. The van der Waals surface area contributed by atoms with Crippen molar-refractivity contribution in [1.82, 2.24) is 19.9 Å². The molecule has 3 aromatic heterocycles. The van der Waals surface area contributed by atoms with Crippen LogP contribution in [0.4, 0.5) is 0 Å². The average Bonchev–Trinajstić information content (AvgIpc) is 4.03. The maximum absolute atomic E-state index is 5.41. The second-order valence-electron chi connectivity index (χ2n) is 14.0. The number of hydrogen-bond acceptors (Lipinski definition) is 2. The van der Waals surface area contributed by atoms with Gasteiger partial charge in [-0.05, 0) is 98.5 Å². The first-order valence-corrected chi connectivity index (χ1v) is 20.9. The molecular formula is C48H38Cl2CoN4. The van der Waals surface area contributed by atoms with E-state index in [1.54, 1.807) is 0 Å². The molecule has 273 valence electrons. The molecule has 0 fully saturated rings. The summed E-state index contributed by atoms with van der Waals surface area (Å²) in [5.41, 5.74) is 21.1. The number of aromatic amines is 2. The second kappa shape index (κ2) is 15.7. The van der Waals surface area contributed by atoms with E-state index in [0.717, 1.165) is 89.4 Å². The van der Waals surface area contributed by atoms with Crippen molar-refractivity contribution in [1.29, 1.82) is 0 Å². The molecule has 5 heterocycles. The van der Waals surface area contributed by atoms with Crippen molar-refractivity contribution in [3.05, 3.63) is 166 Å². The van der Waals surface area contributed by atoms with Crippen molar-refractivity contribution in [2.75, 3.05) is 0 Å². The van der Waals surface area contributed by atoms with Gasteiger partial charge in [0.25, 0.3) is 0 Å². The van der Waals surface area contributed by atoms with Crippen LogP contribution in [0.2, 0.25) is 0 Å². The van der Waals surface area contributed by atoms with E-state index in [-0.39, 0.29) is 0 Å². The number of nitrogens with one attached hydrogen (secondary N) is 2. The van der Waals surface area contributed by atoms with E-state index >= 15 is 0 Å². The molecule has 7 heteroatoms. The van der Waals surface area contributed by atoms with Crippen LogP contribution in [0, 0.1) is 27.7 Å². The summed E-state index contributed by atoms with van der Waals surface area (Å²) in [7, 11) is 9.47. The summed E-state index contributed by atoms with van der Waals surface area (Å²) in [6, 6.07) is 43.6. The van der Waals surface area contributed by atoms with E-state index in [4.69, 9.17) is 30.3 Å². The Balaban J connectivity index is 0.00000138. The molecule has 0 spiro atoms. The summed E-state index contributed by atoms with van der Waals surface area (Å²) < 4.78 is 0. The summed E-state index contributed by atoms with van der Waals surface area (Å²) >= 11 is 0.382. The summed E-state index contributed by atoms with van der Waals surface area (Å²) in [6.07, 6.45) is 8.61. The number of aryl methyl sites for hydroxylation is 4. The molecule has 0 amide bonds. The van der Waals surface area contributed by atoms with Gasteiger partial charge in [-0.25, -0.2) is 9.97 Å². The summed E-state index contributed by atoms with van der Waals surface area (Å²) in [4.78, 5) is 18.5. The van der Waals surface area contributed by atoms with Gasteiger partial charge < -0.3 is 9.97 Å². The average molecular weight is 801 g/mol. The SMILES string of the molecule is Cc1ccc(-c2c3nc(c(-c4ccc(C)cc4)c4ccc([nH]4)c(-c4ccc(C)cc4)c4nc(c(-c5ccc(C)cc5)c5ccc2[nH]5)C=C4)C=C3)cc1.[Cl][Co][Cl]. The fourth-order valence-corrected chi connectivity index (χ4v) is 7.30. The van der Waals surface area contributed by atoms with Gasteiger partial charge in [0.2, 0.25) is 0 Å². The summed E-state index contributed by atoms with van der Waals surface area (Å²) in [6.45, 7) is 8.49. The third-order valence-corrected chi connectivity index (χ3v) is 10.1. The van der Waals surface area contributed by atoms with E-state index in [1.165, 1.54) is 22.3 Å². The van der Waals surface area contributed by atoms with Crippen LogP contribution < -0.4 is 0 Å². The number of benzene rings is 4. The molecule has 2 N–H and O–H groups in total. The monoisotopic (exact) mass is 799 g/mol. The fraction of sp³-hybridized carbons (Fsp3) is 0.0833. The minimum absolute atomic E-state index is 0.382. The number of aromatic nitrogens is 4. The quantitative estimate of drug-likeness (QED) is 0.186. The van der Waals surface area contributed by atoms with Crippen LogP contribution in [0.1, 0.15) is 45.0 Å². The topological polar surface area (TPSA) is 57.4 Å². The Morgan fingerprint density at radius 1 is 0.345 bits per heavy atom. The molecule has 0 aliphatic carbocycles. The van der Waals surface area contributed by atoms with Gasteiger partial charge in [0.15, 0.2) is 0 Å². The molecule has 4 nitrogen and oxygen atoms in total. The van der Waals surface area contributed by atoms with E-state index in [1.807, 2.05) is 0 Å². The van der Waals surface area contributed by atoms with Crippen molar-refractivity contribution >= 4 is 66.7 Å². The van der Waals surface area contributed by atoms with Crippen LogP contribution in [0.3, 0.4) is 0 Å². The van der Waals surface area contributed by atoms with E-state index < -0.39 is 0 Å². The molecule has 2 aliphatic heterocycles. The molecule has 4 aromatic carbocycles. The number of H-pyrrole nitrogens is 2. The van der Waals surface area contributed by atoms with Crippen molar-refractivity contribution < 1.29 is 12.9 Å². The fourth-order valence-electron chi connectivity index (χ4n) is 7.30. The first kappa shape index (κ1) is 36.5. The van der Waals surface area contributed by atoms with Crippen LogP contribution in [-0.4, -0.2) is 19.9 Å². The zero-order valence-corrected chi connectivity index (χ0v) is 33.4. The number of hydrogen-bond donors (Lipinski definition) is 2. The van der Waals surface area contributed by atoms with Crippen LogP contribution in [0.25, 0.3) is 90.9 Å². The van der Waals surface area contributed by atoms with Crippen LogP contribution in [-0.2, 0) is 12.9 Å². The Hall–Kier alpha value is -5.43. The predicted molar refractivity (Wildman–Crippen MR) is 231 cm³/mol. The summed E-state index contributed by atoms with van der Waals surface area (Å²) in [5.74, 6) is 0. The van der Waals surface area contributed by atoms with Crippen LogP contribution in [0.5, 0.6) is 0 Å². The third-order valence-electron chi connectivity index (χ3n) is 10.1. The van der Waals surface area contributed by atoms with Gasteiger partial charge in [0, 0.05) is 44.3 Å². The van der Waals surface area contributed by atoms with Gasteiger partial charge in [-0.15, -0.1) is 0 Å². The zero-order valence-electron chi connectivity index (χ0n) is 30.8. The van der Waals surface area contributed by atoms with Gasteiger partial charge in [-0.2, -0.15) is 0 Å². The zero-order chi connectivity index (χ0) is 38.1. The molecule has 0 radical (unpaired) electrons. The Labute approximate surface area is 336 Å². The third kappa shape index (κ3) is 7.49. The Bertz CT molecular complexity index is 2380. The van der Waals surface area contributed by atoms with Crippen molar-refractivity contribution in [2.24, 2.45) is 0 Å². The molecule has 0 saturated carbocycles. The molecule has 0 saturated heterocycles. The molecule has 7 aromatic rings. The normalized spacial score (nSPS) is 11.8. The van der Waals surface area contributed by atoms with Crippen molar-refractivity contribution in [3.63, 3.8) is 0 Å². The number of halogens is 2. The Kier molecular flexibility index (Phi) is 10.5. The molecular weight excluding hydrogens is 762 g/mol. The first-order valence-electron chi connectivity index (χ1n) is 18.1. The van der Waals surface area contributed by atoms with Crippen molar-refractivity contribution in [2.45, 2.75) is 27.7 Å². The van der Waals surface area contributed by atoms with Gasteiger partial charge >= 0.3 is 33.2 Å². The van der Waals surface area contributed by atoms with Gasteiger partial charge in [-0.1, -0.05) is 119 Å². The first-order chi connectivity index (χ1) is 26.8. The number of nitrogens with zero attached hydrogens (tertiary/aromatic N) is 2. The van der Waals surface area contributed by atoms with Crippen LogP contribution >= 0.6 is 20.3 Å². The Morgan fingerprint density at radius 2 is 0.545 bits per heavy atom. The van der Waals surface area contributed by atoms with Gasteiger partial charge in [0.1, 0.15) is 0 Å². The van der Waals surface area contributed by atoms with E-state index in [2.05, 4.69) is 183 Å². The van der Waals surface area contributed by atoms with Gasteiger partial charge in [-0.3, -0.25) is 0 Å². The van der Waals surface area contributed by atoms with Gasteiger partial charge in [0.05, 0.1) is 22.8 Å². The van der Waals surface area contributed by atoms with E-state index in [0.29, 0.717) is 12.9 Å². The molecule has 9 rings (SSSR count). The molecule has 0 unspecified atom stereocenters. The minimum atomic E-state index is 0.382. The van der Waals surface area contributed by atoms with Crippen molar-refractivity contribution in [3.8, 4) is 44.5 Å². The van der Waals surface area contributed by atoms with Crippen LogP contribution in [0.15, 0.2) is 121 Å².